The fraction of sp³-hybridized carbons (Fsp3) is 0.588. The number of rotatable bonds is 4. The molecule has 1 aliphatic heterocycles. The zero-order valence-electron chi connectivity index (χ0n) is 13.7. The van der Waals surface area contributed by atoms with Crippen molar-refractivity contribution in [1.82, 2.24) is 4.90 Å². The van der Waals surface area contributed by atoms with E-state index in [0.29, 0.717) is 6.54 Å². The van der Waals surface area contributed by atoms with Crippen LogP contribution in [0.3, 0.4) is 0 Å². The lowest BCUT2D eigenvalue weighted by atomic mass is 10.0. The van der Waals surface area contributed by atoms with Gasteiger partial charge in [0, 0.05) is 38.4 Å². The molecule has 1 heterocycles. The average Bonchev–Trinajstić information content (AvgIpc) is 2.50. The third-order valence-corrected chi connectivity index (χ3v) is 4.17. The normalized spacial score (nSPS) is 16.8. The third-order valence-electron chi connectivity index (χ3n) is 4.17. The fourth-order valence-corrected chi connectivity index (χ4v) is 2.62. The van der Waals surface area contributed by atoms with Crippen molar-refractivity contribution in [2.24, 2.45) is 11.7 Å². The zero-order chi connectivity index (χ0) is 15.4. The standard InChI is InChI=1S/C17H26N2O2.ClH/c1-12-4-5-13(2)16(10-12)21-15-6-8-19(9-7-15)17(20)14(3)11-18;/h4-5,10,14-15H,6-9,11,18H2,1-3H3;1H. The molecule has 2 rings (SSSR count). The van der Waals surface area contributed by atoms with Gasteiger partial charge in [-0.25, -0.2) is 0 Å². The maximum atomic E-state index is 12.1. The first-order valence-electron chi connectivity index (χ1n) is 7.74. The van der Waals surface area contributed by atoms with Crippen LogP contribution in [0, 0.1) is 19.8 Å². The minimum Gasteiger partial charge on any atom is -0.490 e. The van der Waals surface area contributed by atoms with Crippen LogP contribution >= 0.6 is 12.4 Å². The van der Waals surface area contributed by atoms with Crippen molar-refractivity contribution in [2.45, 2.75) is 39.7 Å². The summed E-state index contributed by atoms with van der Waals surface area (Å²) in [6.07, 6.45) is 1.97. The molecule has 1 aromatic carbocycles. The van der Waals surface area contributed by atoms with Crippen LogP contribution in [0.4, 0.5) is 0 Å². The molecule has 124 valence electrons. The number of carbonyl (C=O) groups excluding carboxylic acids is 1. The molecule has 1 unspecified atom stereocenters. The van der Waals surface area contributed by atoms with Crippen LogP contribution < -0.4 is 10.5 Å². The Balaban J connectivity index is 0.00000242. The lowest BCUT2D eigenvalue weighted by Crippen LogP contribution is -2.45. The van der Waals surface area contributed by atoms with Gasteiger partial charge in [0.15, 0.2) is 0 Å². The third kappa shape index (κ3) is 4.62. The number of nitrogens with zero attached hydrogens (tertiary/aromatic N) is 1. The molecule has 0 spiro atoms. The van der Waals surface area contributed by atoms with Crippen LogP contribution in [0.5, 0.6) is 5.75 Å². The first-order valence-corrected chi connectivity index (χ1v) is 7.74. The fourth-order valence-electron chi connectivity index (χ4n) is 2.62. The summed E-state index contributed by atoms with van der Waals surface area (Å²) in [4.78, 5) is 14.0. The first-order chi connectivity index (χ1) is 10.0. The number of halogens is 1. The lowest BCUT2D eigenvalue weighted by molar-refractivity contribution is -0.136. The highest BCUT2D eigenvalue weighted by molar-refractivity contribution is 5.85. The molecule has 0 radical (unpaired) electrons. The van der Waals surface area contributed by atoms with E-state index in [4.69, 9.17) is 10.5 Å². The minimum absolute atomic E-state index is 0. The van der Waals surface area contributed by atoms with Gasteiger partial charge in [-0.15, -0.1) is 12.4 Å². The quantitative estimate of drug-likeness (QED) is 0.925. The molecule has 22 heavy (non-hydrogen) atoms. The Labute approximate surface area is 139 Å². The van der Waals surface area contributed by atoms with E-state index >= 15 is 0 Å². The molecule has 1 aliphatic rings. The molecule has 1 atom stereocenters. The molecule has 1 amide bonds. The number of ether oxygens (including phenoxy) is 1. The molecular formula is C17H27ClN2O2. The number of piperidine rings is 1. The zero-order valence-corrected chi connectivity index (χ0v) is 14.5. The van der Waals surface area contributed by atoms with Crippen molar-refractivity contribution in [3.63, 3.8) is 0 Å². The molecule has 1 saturated heterocycles. The predicted molar refractivity (Wildman–Crippen MR) is 91.6 cm³/mol. The topological polar surface area (TPSA) is 55.6 Å². The van der Waals surface area contributed by atoms with Crippen LogP contribution in [0.2, 0.25) is 0 Å². The minimum atomic E-state index is -0.0820. The van der Waals surface area contributed by atoms with Crippen LogP contribution in [-0.2, 0) is 4.79 Å². The number of benzene rings is 1. The Hall–Kier alpha value is -1.26. The number of aryl methyl sites for hydroxylation is 2. The molecule has 1 aromatic rings. The smallest absolute Gasteiger partial charge is 0.226 e. The second-order valence-corrected chi connectivity index (χ2v) is 6.05. The van der Waals surface area contributed by atoms with Gasteiger partial charge in [-0.2, -0.15) is 0 Å². The summed E-state index contributed by atoms with van der Waals surface area (Å²) in [5.41, 5.74) is 7.94. The highest BCUT2D eigenvalue weighted by Crippen LogP contribution is 2.24. The van der Waals surface area contributed by atoms with Gasteiger partial charge in [0.1, 0.15) is 11.9 Å². The average molecular weight is 327 g/mol. The van der Waals surface area contributed by atoms with Crippen molar-refractivity contribution in [3.05, 3.63) is 29.3 Å². The van der Waals surface area contributed by atoms with E-state index in [0.717, 1.165) is 37.2 Å². The van der Waals surface area contributed by atoms with E-state index in [1.807, 2.05) is 11.8 Å². The van der Waals surface area contributed by atoms with Gasteiger partial charge < -0.3 is 15.4 Å². The summed E-state index contributed by atoms with van der Waals surface area (Å²) in [5, 5.41) is 0. The summed E-state index contributed by atoms with van der Waals surface area (Å²) < 4.78 is 6.12. The number of hydrogen-bond donors (Lipinski definition) is 1. The van der Waals surface area contributed by atoms with Crippen LogP contribution in [-0.4, -0.2) is 36.5 Å². The Bertz CT molecular complexity index is 499. The van der Waals surface area contributed by atoms with Gasteiger partial charge >= 0.3 is 0 Å². The highest BCUT2D eigenvalue weighted by Gasteiger charge is 2.26. The van der Waals surface area contributed by atoms with E-state index in [1.165, 1.54) is 5.56 Å². The molecular weight excluding hydrogens is 300 g/mol. The van der Waals surface area contributed by atoms with Crippen molar-refractivity contribution in [1.29, 1.82) is 0 Å². The van der Waals surface area contributed by atoms with Crippen molar-refractivity contribution >= 4 is 18.3 Å². The van der Waals surface area contributed by atoms with Crippen molar-refractivity contribution in [2.75, 3.05) is 19.6 Å². The summed E-state index contributed by atoms with van der Waals surface area (Å²) in [6.45, 7) is 7.97. The largest absolute Gasteiger partial charge is 0.490 e. The van der Waals surface area contributed by atoms with Gasteiger partial charge in [0.25, 0.3) is 0 Å². The first kappa shape index (κ1) is 18.8. The summed E-state index contributed by atoms with van der Waals surface area (Å²) in [5.74, 6) is 1.05. The van der Waals surface area contributed by atoms with Gasteiger partial charge in [-0.05, 0) is 31.0 Å². The van der Waals surface area contributed by atoms with Gasteiger partial charge in [-0.1, -0.05) is 19.1 Å². The second kappa shape index (κ2) is 8.39. The molecule has 1 fully saturated rings. The predicted octanol–water partition coefficient (Wildman–Crippen LogP) is 2.69. The highest BCUT2D eigenvalue weighted by atomic mass is 35.5. The molecule has 0 aliphatic carbocycles. The van der Waals surface area contributed by atoms with E-state index in [1.54, 1.807) is 0 Å². The number of nitrogens with two attached hydrogens (primary N) is 1. The summed E-state index contributed by atoms with van der Waals surface area (Å²) in [7, 11) is 0. The van der Waals surface area contributed by atoms with E-state index in [2.05, 4.69) is 32.0 Å². The molecule has 0 bridgehead atoms. The van der Waals surface area contributed by atoms with Gasteiger partial charge in [0.05, 0.1) is 0 Å². The molecule has 0 saturated carbocycles. The van der Waals surface area contributed by atoms with Gasteiger partial charge in [-0.3, -0.25) is 4.79 Å². The number of likely N-dealkylation sites (tertiary alicyclic amines) is 1. The lowest BCUT2D eigenvalue weighted by Gasteiger charge is -2.33. The Morgan fingerprint density at radius 2 is 2.00 bits per heavy atom. The van der Waals surface area contributed by atoms with E-state index < -0.39 is 0 Å². The number of carbonyl (C=O) groups is 1. The monoisotopic (exact) mass is 326 g/mol. The molecule has 5 heteroatoms. The molecule has 0 aromatic heterocycles. The second-order valence-electron chi connectivity index (χ2n) is 6.05. The van der Waals surface area contributed by atoms with Crippen LogP contribution in [0.1, 0.15) is 30.9 Å². The Morgan fingerprint density at radius 1 is 1.36 bits per heavy atom. The maximum Gasteiger partial charge on any atom is 0.226 e. The van der Waals surface area contributed by atoms with Crippen molar-refractivity contribution in [3.8, 4) is 5.75 Å². The van der Waals surface area contributed by atoms with Crippen LogP contribution in [0.25, 0.3) is 0 Å². The summed E-state index contributed by atoms with van der Waals surface area (Å²) >= 11 is 0. The van der Waals surface area contributed by atoms with E-state index in [9.17, 15) is 4.79 Å². The Kier molecular flexibility index (Phi) is 7.17. The number of hydrogen-bond acceptors (Lipinski definition) is 3. The number of amides is 1. The Morgan fingerprint density at radius 3 is 2.59 bits per heavy atom. The van der Waals surface area contributed by atoms with Crippen LogP contribution in [0.15, 0.2) is 18.2 Å². The molecule has 2 N–H and O–H groups in total. The molecule has 4 nitrogen and oxygen atoms in total. The van der Waals surface area contributed by atoms with Gasteiger partial charge in [0.2, 0.25) is 5.91 Å². The summed E-state index contributed by atoms with van der Waals surface area (Å²) in [6, 6.07) is 6.27. The van der Waals surface area contributed by atoms with E-state index in [-0.39, 0.29) is 30.3 Å². The van der Waals surface area contributed by atoms with Crippen molar-refractivity contribution < 1.29 is 9.53 Å². The maximum absolute atomic E-state index is 12.1. The SMILES string of the molecule is Cc1ccc(C)c(OC2CCN(C(=O)C(C)CN)CC2)c1.Cl.